The fraction of sp³-hybridized carbons (Fsp3) is 0.318. The van der Waals surface area contributed by atoms with E-state index in [1.807, 2.05) is 31.2 Å². The lowest BCUT2D eigenvalue weighted by atomic mass is 9.88. The number of hydrogen-bond acceptors (Lipinski definition) is 3. The Morgan fingerprint density at radius 3 is 2.66 bits per heavy atom. The number of amides is 1. The lowest BCUT2D eigenvalue weighted by Crippen LogP contribution is -2.45. The van der Waals surface area contributed by atoms with Crippen LogP contribution in [0.1, 0.15) is 36.8 Å². The van der Waals surface area contributed by atoms with Gasteiger partial charge < -0.3 is 5.32 Å². The smallest absolute Gasteiger partial charge is 0.240 e. The first-order valence-electron chi connectivity index (χ1n) is 9.76. The number of hydrogen-bond donors (Lipinski definition) is 2. The third-order valence-corrected chi connectivity index (χ3v) is 5.88. The molecule has 0 atom stereocenters. The molecular formula is C22H23FN4OS. The van der Waals surface area contributed by atoms with Gasteiger partial charge in [0.15, 0.2) is 10.6 Å². The Labute approximate surface area is 174 Å². The topological polar surface area (TPSA) is 62.7 Å². The van der Waals surface area contributed by atoms with E-state index in [2.05, 4.69) is 15.5 Å². The molecule has 0 saturated heterocycles. The largest absolute Gasteiger partial charge is 0.345 e. The summed E-state index contributed by atoms with van der Waals surface area (Å²) in [7, 11) is 0. The molecule has 0 radical (unpaired) electrons. The number of H-pyrrole nitrogens is 1. The average Bonchev–Trinajstić information content (AvgIpc) is 3.30. The van der Waals surface area contributed by atoms with Gasteiger partial charge in [0.2, 0.25) is 5.91 Å². The Morgan fingerprint density at radius 2 is 1.97 bits per heavy atom. The van der Waals surface area contributed by atoms with E-state index < -0.39 is 5.54 Å². The molecule has 29 heavy (non-hydrogen) atoms. The van der Waals surface area contributed by atoms with Gasteiger partial charge in [0, 0.05) is 5.56 Å². The summed E-state index contributed by atoms with van der Waals surface area (Å²) in [5.41, 5.74) is 2.49. The van der Waals surface area contributed by atoms with Gasteiger partial charge in [-0.1, -0.05) is 48.7 Å². The summed E-state index contributed by atoms with van der Waals surface area (Å²) < 4.78 is 15.5. The minimum atomic E-state index is -0.458. The maximum Gasteiger partial charge on any atom is 0.240 e. The van der Waals surface area contributed by atoms with Gasteiger partial charge in [0.05, 0.1) is 5.54 Å². The van der Waals surface area contributed by atoms with Crippen LogP contribution in [0.3, 0.4) is 0 Å². The molecule has 0 bridgehead atoms. The van der Waals surface area contributed by atoms with Crippen LogP contribution in [0, 0.1) is 17.5 Å². The zero-order valence-electron chi connectivity index (χ0n) is 16.2. The van der Waals surface area contributed by atoms with E-state index in [4.69, 9.17) is 12.2 Å². The molecule has 3 aromatic rings. The first-order chi connectivity index (χ1) is 14.0. The Balaban J connectivity index is 1.59. The predicted molar refractivity (Wildman–Crippen MR) is 112 cm³/mol. The van der Waals surface area contributed by atoms with Crippen molar-refractivity contribution < 1.29 is 9.18 Å². The van der Waals surface area contributed by atoms with Crippen molar-refractivity contribution in [3.05, 3.63) is 70.2 Å². The molecule has 4 rings (SSSR count). The number of carbonyl (C=O) groups is 1. The summed E-state index contributed by atoms with van der Waals surface area (Å²) in [6.45, 7) is 2.08. The minimum Gasteiger partial charge on any atom is -0.345 e. The van der Waals surface area contributed by atoms with E-state index >= 15 is 0 Å². The van der Waals surface area contributed by atoms with E-state index in [-0.39, 0.29) is 18.3 Å². The minimum absolute atomic E-state index is 0.0710. The molecule has 0 aliphatic heterocycles. The molecule has 7 heteroatoms. The number of rotatable bonds is 5. The third-order valence-electron chi connectivity index (χ3n) is 5.57. The van der Waals surface area contributed by atoms with Crippen molar-refractivity contribution >= 4 is 18.1 Å². The summed E-state index contributed by atoms with van der Waals surface area (Å²) in [5, 5.41) is 10.3. The summed E-state index contributed by atoms with van der Waals surface area (Å²) in [6, 6.07) is 14.3. The van der Waals surface area contributed by atoms with E-state index in [0.29, 0.717) is 10.6 Å². The number of aromatic nitrogens is 3. The lowest BCUT2D eigenvalue weighted by Gasteiger charge is -2.31. The highest BCUT2D eigenvalue weighted by Crippen LogP contribution is 2.38. The van der Waals surface area contributed by atoms with Crippen LogP contribution in [0.25, 0.3) is 11.4 Å². The zero-order chi connectivity index (χ0) is 20.4. The first kappa shape index (κ1) is 19.5. The second-order valence-corrected chi connectivity index (χ2v) is 8.04. The standard InChI is InChI=1S/C22H23FN4OS/c1-15-5-4-6-16(13-15)20-25-26-21(29)27(20)14-19(28)24-22(11-2-3-12-22)17-7-9-18(23)10-8-17/h4-10,13H,2-3,11-12,14H2,1H3,(H,24,28)(H,26,29). The van der Waals surface area contributed by atoms with E-state index in [1.165, 1.54) is 12.1 Å². The van der Waals surface area contributed by atoms with Crippen molar-refractivity contribution in [3.8, 4) is 11.4 Å². The molecule has 1 fully saturated rings. The van der Waals surface area contributed by atoms with Crippen LogP contribution in [-0.2, 0) is 16.9 Å². The Kier molecular flexibility index (Phi) is 5.32. The van der Waals surface area contributed by atoms with Crippen LogP contribution >= 0.6 is 12.2 Å². The molecule has 1 aliphatic carbocycles. The van der Waals surface area contributed by atoms with Crippen LogP contribution in [0.15, 0.2) is 48.5 Å². The first-order valence-corrected chi connectivity index (χ1v) is 10.2. The molecule has 1 saturated carbocycles. The fourth-order valence-corrected chi connectivity index (χ4v) is 4.35. The molecule has 2 N–H and O–H groups in total. The zero-order valence-corrected chi connectivity index (χ0v) is 17.1. The highest BCUT2D eigenvalue weighted by molar-refractivity contribution is 7.71. The number of carbonyl (C=O) groups excluding carboxylic acids is 1. The molecule has 1 aromatic heterocycles. The SMILES string of the molecule is Cc1cccc(-c2n[nH]c(=S)n2CC(=O)NC2(c3ccc(F)cc3)CCCC2)c1. The molecule has 1 heterocycles. The predicted octanol–water partition coefficient (Wildman–Crippen LogP) is 4.64. The molecule has 1 amide bonds. The van der Waals surface area contributed by atoms with Crippen molar-refractivity contribution in [1.82, 2.24) is 20.1 Å². The molecule has 0 spiro atoms. The van der Waals surface area contributed by atoms with Crippen molar-refractivity contribution in [1.29, 1.82) is 0 Å². The number of nitrogens with zero attached hydrogens (tertiary/aromatic N) is 2. The van der Waals surface area contributed by atoms with Crippen LogP contribution in [-0.4, -0.2) is 20.7 Å². The summed E-state index contributed by atoms with van der Waals surface area (Å²) in [5.74, 6) is 0.222. The second kappa shape index (κ2) is 7.91. The summed E-state index contributed by atoms with van der Waals surface area (Å²) in [6.07, 6.45) is 3.73. The molecular weight excluding hydrogens is 387 g/mol. The highest BCUT2D eigenvalue weighted by atomic mass is 32.1. The third kappa shape index (κ3) is 4.00. The van der Waals surface area contributed by atoms with Crippen LogP contribution < -0.4 is 5.32 Å². The second-order valence-electron chi connectivity index (χ2n) is 7.65. The van der Waals surface area contributed by atoms with Crippen LogP contribution in [0.2, 0.25) is 0 Å². The van der Waals surface area contributed by atoms with Crippen molar-refractivity contribution in [2.24, 2.45) is 0 Å². The van der Waals surface area contributed by atoms with Gasteiger partial charge in [0.25, 0.3) is 0 Å². The summed E-state index contributed by atoms with van der Waals surface area (Å²) >= 11 is 5.37. The van der Waals surface area contributed by atoms with Crippen molar-refractivity contribution in [2.75, 3.05) is 0 Å². The van der Waals surface area contributed by atoms with Crippen LogP contribution in [0.5, 0.6) is 0 Å². The van der Waals surface area contributed by atoms with Crippen molar-refractivity contribution in [2.45, 2.75) is 44.7 Å². The molecule has 2 aromatic carbocycles. The van der Waals surface area contributed by atoms with Gasteiger partial charge >= 0.3 is 0 Å². The monoisotopic (exact) mass is 410 g/mol. The number of halogens is 1. The Hall–Kier alpha value is -2.80. The Bertz CT molecular complexity index is 1080. The number of aromatic amines is 1. The molecule has 0 unspecified atom stereocenters. The Morgan fingerprint density at radius 1 is 1.24 bits per heavy atom. The summed E-state index contributed by atoms with van der Waals surface area (Å²) in [4.78, 5) is 13.0. The van der Waals surface area contributed by atoms with E-state index in [0.717, 1.165) is 42.4 Å². The normalized spacial score (nSPS) is 15.4. The maximum atomic E-state index is 13.4. The van der Waals surface area contributed by atoms with Crippen LogP contribution in [0.4, 0.5) is 4.39 Å². The quantitative estimate of drug-likeness (QED) is 0.602. The van der Waals surface area contributed by atoms with Gasteiger partial charge in [0.1, 0.15) is 12.4 Å². The van der Waals surface area contributed by atoms with Gasteiger partial charge in [-0.2, -0.15) is 5.10 Å². The van der Waals surface area contributed by atoms with Gasteiger partial charge in [-0.25, -0.2) is 4.39 Å². The number of nitrogens with one attached hydrogen (secondary N) is 2. The maximum absolute atomic E-state index is 13.4. The highest BCUT2D eigenvalue weighted by Gasteiger charge is 2.37. The average molecular weight is 411 g/mol. The molecule has 5 nitrogen and oxygen atoms in total. The molecule has 1 aliphatic rings. The van der Waals surface area contributed by atoms with Gasteiger partial charge in [-0.15, -0.1) is 0 Å². The van der Waals surface area contributed by atoms with Crippen molar-refractivity contribution in [3.63, 3.8) is 0 Å². The van der Waals surface area contributed by atoms with Gasteiger partial charge in [-0.3, -0.25) is 14.5 Å². The molecule has 150 valence electrons. The number of aryl methyl sites for hydroxylation is 1. The van der Waals surface area contributed by atoms with E-state index in [9.17, 15) is 9.18 Å². The lowest BCUT2D eigenvalue weighted by molar-refractivity contribution is -0.123. The number of benzene rings is 2. The van der Waals surface area contributed by atoms with Gasteiger partial charge in [-0.05, 0) is 55.7 Å². The van der Waals surface area contributed by atoms with E-state index in [1.54, 1.807) is 16.7 Å². The fourth-order valence-electron chi connectivity index (χ4n) is 4.15.